The number of nitrogens with two attached hydrogens (primary N) is 1. The maximum atomic E-state index is 9.30. The van der Waals surface area contributed by atoms with E-state index in [0.717, 1.165) is 24.6 Å². The number of nitrogens with zero attached hydrogens (tertiary/aromatic N) is 2. The molecule has 1 aliphatic heterocycles. The average Bonchev–Trinajstić information content (AvgIpc) is 2.77. The van der Waals surface area contributed by atoms with Crippen molar-refractivity contribution >= 4 is 16.5 Å². The van der Waals surface area contributed by atoms with E-state index in [9.17, 15) is 5.11 Å². The molecule has 1 fully saturated rings. The number of nitrogen functional groups attached to an aromatic ring is 1. The van der Waals surface area contributed by atoms with Gasteiger partial charge in [-0.05, 0) is 19.4 Å². The third-order valence-corrected chi connectivity index (χ3v) is 3.91. The SMILES string of the molecule is NNc1ncc(CN2CCCCC2CO)s1. The van der Waals surface area contributed by atoms with Gasteiger partial charge in [0.2, 0.25) is 0 Å². The van der Waals surface area contributed by atoms with E-state index < -0.39 is 0 Å². The molecule has 90 valence electrons. The Labute approximate surface area is 99.3 Å². The predicted molar refractivity (Wildman–Crippen MR) is 65.1 cm³/mol. The second kappa shape index (κ2) is 5.58. The Balaban J connectivity index is 1.96. The Morgan fingerprint density at radius 1 is 1.62 bits per heavy atom. The van der Waals surface area contributed by atoms with Crippen molar-refractivity contribution in [2.75, 3.05) is 18.6 Å². The number of piperidine rings is 1. The van der Waals surface area contributed by atoms with Crippen LogP contribution in [0, 0.1) is 0 Å². The van der Waals surface area contributed by atoms with Crippen LogP contribution < -0.4 is 11.3 Å². The quantitative estimate of drug-likeness (QED) is 0.537. The fourth-order valence-electron chi connectivity index (χ4n) is 2.12. The van der Waals surface area contributed by atoms with E-state index in [1.54, 1.807) is 11.3 Å². The van der Waals surface area contributed by atoms with Crippen LogP contribution in [0.25, 0.3) is 0 Å². The monoisotopic (exact) mass is 242 g/mol. The van der Waals surface area contributed by atoms with Gasteiger partial charge in [-0.15, -0.1) is 0 Å². The molecule has 1 atom stereocenters. The van der Waals surface area contributed by atoms with Gasteiger partial charge in [-0.2, -0.15) is 0 Å². The first kappa shape index (κ1) is 11.8. The molecule has 16 heavy (non-hydrogen) atoms. The third kappa shape index (κ3) is 2.70. The minimum atomic E-state index is 0.251. The molecule has 1 saturated heterocycles. The van der Waals surface area contributed by atoms with Gasteiger partial charge in [-0.1, -0.05) is 17.8 Å². The van der Waals surface area contributed by atoms with Gasteiger partial charge < -0.3 is 5.11 Å². The summed E-state index contributed by atoms with van der Waals surface area (Å²) in [7, 11) is 0. The minimum Gasteiger partial charge on any atom is -0.395 e. The molecule has 0 saturated carbocycles. The number of thiazole rings is 1. The summed E-state index contributed by atoms with van der Waals surface area (Å²) < 4.78 is 0. The molecule has 5 nitrogen and oxygen atoms in total. The highest BCUT2D eigenvalue weighted by Crippen LogP contribution is 2.23. The second-order valence-electron chi connectivity index (χ2n) is 4.08. The summed E-state index contributed by atoms with van der Waals surface area (Å²) >= 11 is 1.57. The Morgan fingerprint density at radius 3 is 3.19 bits per heavy atom. The van der Waals surface area contributed by atoms with Crippen molar-refractivity contribution in [3.63, 3.8) is 0 Å². The molecule has 1 unspecified atom stereocenters. The first-order chi connectivity index (χ1) is 7.83. The fraction of sp³-hybridized carbons (Fsp3) is 0.700. The predicted octanol–water partition coefficient (Wildman–Crippen LogP) is 0.775. The maximum absolute atomic E-state index is 9.30. The largest absolute Gasteiger partial charge is 0.395 e. The van der Waals surface area contributed by atoms with Crippen molar-refractivity contribution in [1.82, 2.24) is 9.88 Å². The smallest absolute Gasteiger partial charge is 0.197 e. The van der Waals surface area contributed by atoms with Gasteiger partial charge in [0.05, 0.1) is 6.61 Å². The number of likely N-dealkylation sites (tertiary alicyclic amines) is 1. The average molecular weight is 242 g/mol. The number of anilines is 1. The van der Waals surface area contributed by atoms with Crippen molar-refractivity contribution in [1.29, 1.82) is 0 Å². The topological polar surface area (TPSA) is 74.4 Å². The number of aliphatic hydroxyl groups is 1. The van der Waals surface area contributed by atoms with Gasteiger partial charge in [0.25, 0.3) is 0 Å². The van der Waals surface area contributed by atoms with Crippen LogP contribution in [0.5, 0.6) is 0 Å². The molecule has 6 heteroatoms. The van der Waals surface area contributed by atoms with Crippen LogP contribution >= 0.6 is 11.3 Å². The van der Waals surface area contributed by atoms with Crippen LogP contribution in [0.15, 0.2) is 6.20 Å². The van der Waals surface area contributed by atoms with Crippen molar-refractivity contribution in [2.45, 2.75) is 31.8 Å². The van der Waals surface area contributed by atoms with Gasteiger partial charge in [-0.3, -0.25) is 10.3 Å². The summed E-state index contributed by atoms with van der Waals surface area (Å²) in [5.41, 5.74) is 2.55. The van der Waals surface area contributed by atoms with E-state index in [-0.39, 0.29) is 6.61 Å². The van der Waals surface area contributed by atoms with Crippen LogP contribution in [0.1, 0.15) is 24.1 Å². The second-order valence-corrected chi connectivity index (χ2v) is 5.19. The van der Waals surface area contributed by atoms with E-state index in [4.69, 9.17) is 5.84 Å². The van der Waals surface area contributed by atoms with Gasteiger partial charge in [0.1, 0.15) is 0 Å². The lowest BCUT2D eigenvalue weighted by molar-refractivity contribution is 0.0849. The number of rotatable bonds is 4. The highest BCUT2D eigenvalue weighted by molar-refractivity contribution is 7.15. The van der Waals surface area contributed by atoms with Crippen LogP contribution in [0.3, 0.4) is 0 Å². The zero-order valence-electron chi connectivity index (χ0n) is 9.22. The molecule has 0 amide bonds. The van der Waals surface area contributed by atoms with E-state index in [1.165, 1.54) is 17.7 Å². The maximum Gasteiger partial charge on any atom is 0.197 e. The summed E-state index contributed by atoms with van der Waals surface area (Å²) in [6, 6.07) is 0.310. The zero-order valence-corrected chi connectivity index (χ0v) is 10.0. The molecular weight excluding hydrogens is 224 g/mol. The highest BCUT2D eigenvalue weighted by atomic mass is 32.1. The lowest BCUT2D eigenvalue weighted by atomic mass is 10.0. The molecule has 0 spiro atoms. The number of nitrogens with one attached hydrogen (secondary N) is 1. The lowest BCUT2D eigenvalue weighted by Gasteiger charge is -2.33. The molecule has 0 aromatic carbocycles. The van der Waals surface area contributed by atoms with Crippen LogP contribution in [-0.4, -0.2) is 34.2 Å². The number of hydrogen-bond donors (Lipinski definition) is 3. The lowest BCUT2D eigenvalue weighted by Crippen LogP contribution is -2.40. The Hall–Kier alpha value is -0.690. The molecule has 0 aliphatic carbocycles. The molecule has 0 bridgehead atoms. The molecule has 1 aromatic rings. The number of hydrogen-bond acceptors (Lipinski definition) is 6. The van der Waals surface area contributed by atoms with E-state index >= 15 is 0 Å². The van der Waals surface area contributed by atoms with Crippen molar-refractivity contribution < 1.29 is 5.11 Å². The van der Waals surface area contributed by atoms with Gasteiger partial charge in [-0.25, -0.2) is 10.8 Å². The third-order valence-electron chi connectivity index (χ3n) is 3.00. The summed E-state index contributed by atoms with van der Waals surface area (Å²) in [6.45, 7) is 2.18. The van der Waals surface area contributed by atoms with Crippen molar-refractivity contribution in [3.8, 4) is 0 Å². The first-order valence-electron chi connectivity index (χ1n) is 5.59. The highest BCUT2D eigenvalue weighted by Gasteiger charge is 2.22. The molecule has 2 rings (SSSR count). The Morgan fingerprint density at radius 2 is 2.50 bits per heavy atom. The first-order valence-corrected chi connectivity index (χ1v) is 6.41. The van der Waals surface area contributed by atoms with E-state index in [1.807, 2.05) is 6.20 Å². The van der Waals surface area contributed by atoms with Gasteiger partial charge in [0, 0.05) is 23.7 Å². The Kier molecular flexibility index (Phi) is 4.11. The molecule has 1 aliphatic rings. The van der Waals surface area contributed by atoms with E-state index in [0.29, 0.717) is 6.04 Å². The van der Waals surface area contributed by atoms with E-state index in [2.05, 4.69) is 15.3 Å². The molecular formula is C10H18N4OS. The molecule has 2 heterocycles. The van der Waals surface area contributed by atoms with Crippen LogP contribution in [0.4, 0.5) is 5.13 Å². The minimum absolute atomic E-state index is 0.251. The summed E-state index contributed by atoms with van der Waals surface area (Å²) in [5, 5.41) is 10.0. The summed E-state index contributed by atoms with van der Waals surface area (Å²) in [6.07, 6.45) is 5.39. The number of aliphatic hydroxyl groups excluding tert-OH is 1. The molecule has 1 aromatic heterocycles. The van der Waals surface area contributed by atoms with Crippen LogP contribution in [0.2, 0.25) is 0 Å². The molecule has 0 radical (unpaired) electrons. The molecule has 4 N–H and O–H groups in total. The number of aromatic nitrogens is 1. The van der Waals surface area contributed by atoms with Gasteiger partial charge in [0.15, 0.2) is 5.13 Å². The fourth-order valence-corrected chi connectivity index (χ4v) is 2.87. The van der Waals surface area contributed by atoms with Crippen molar-refractivity contribution in [3.05, 3.63) is 11.1 Å². The number of hydrazine groups is 1. The summed E-state index contributed by atoms with van der Waals surface area (Å²) in [5.74, 6) is 5.29. The summed E-state index contributed by atoms with van der Waals surface area (Å²) in [4.78, 5) is 7.66. The van der Waals surface area contributed by atoms with Crippen LogP contribution in [-0.2, 0) is 6.54 Å². The zero-order chi connectivity index (χ0) is 11.4. The van der Waals surface area contributed by atoms with Gasteiger partial charge >= 0.3 is 0 Å². The normalized spacial score (nSPS) is 22.2. The Bertz CT molecular complexity index is 330. The van der Waals surface area contributed by atoms with Crippen molar-refractivity contribution in [2.24, 2.45) is 5.84 Å². The standard InChI is InChI=1S/C10H18N4OS/c11-13-10-12-5-9(16-10)6-14-4-2-1-3-8(14)7-15/h5,8,15H,1-4,6-7,11H2,(H,12,13).